The van der Waals surface area contributed by atoms with Crippen molar-refractivity contribution in [3.8, 4) is 22.9 Å². The lowest BCUT2D eigenvalue weighted by atomic mass is 9.92. The first-order valence-electron chi connectivity index (χ1n) is 11.5. The number of fused-ring (bicyclic) bond motifs is 1. The Hall–Kier alpha value is -3.04. The van der Waals surface area contributed by atoms with Gasteiger partial charge in [0, 0.05) is 39.5 Å². The first-order valence-corrected chi connectivity index (χ1v) is 11.8. The zero-order chi connectivity index (χ0) is 25.0. The number of aliphatic carboxylic acids is 1. The predicted octanol–water partition coefficient (Wildman–Crippen LogP) is 6.39. The second-order valence-electron chi connectivity index (χ2n) is 10.4. The topological polar surface area (TPSA) is 88.1 Å². The van der Waals surface area contributed by atoms with Crippen molar-refractivity contribution in [2.75, 3.05) is 0 Å². The minimum Gasteiger partial charge on any atom is -0.487 e. The van der Waals surface area contributed by atoms with Crippen molar-refractivity contribution in [2.24, 2.45) is 5.41 Å². The van der Waals surface area contributed by atoms with E-state index in [0.29, 0.717) is 28.6 Å². The highest BCUT2D eigenvalue weighted by Gasteiger charge is 2.44. The summed E-state index contributed by atoms with van der Waals surface area (Å²) >= 11 is 6.34. The van der Waals surface area contributed by atoms with Crippen LogP contribution in [-0.4, -0.2) is 26.2 Å². The van der Waals surface area contributed by atoms with E-state index in [1.165, 1.54) is 0 Å². The van der Waals surface area contributed by atoms with Gasteiger partial charge in [-0.15, -0.1) is 0 Å². The molecule has 1 aliphatic carbocycles. The van der Waals surface area contributed by atoms with E-state index in [9.17, 15) is 15.2 Å². The Morgan fingerprint density at radius 2 is 1.97 bits per heavy atom. The first-order chi connectivity index (χ1) is 15.9. The van der Waals surface area contributed by atoms with Crippen molar-refractivity contribution in [3.63, 3.8) is 0 Å². The third-order valence-corrected chi connectivity index (χ3v) is 6.81. The lowest BCUT2D eigenvalue weighted by molar-refractivity contribution is -0.136. The molecule has 0 saturated heterocycles. The van der Waals surface area contributed by atoms with Crippen LogP contribution in [0.1, 0.15) is 56.1 Å². The number of carbonyl (C=O) groups is 1. The van der Waals surface area contributed by atoms with Crippen molar-refractivity contribution in [1.82, 2.24) is 9.55 Å². The molecule has 0 spiro atoms. The summed E-state index contributed by atoms with van der Waals surface area (Å²) in [5, 5.41) is 20.9. The maximum atomic E-state index is 11.9. The summed E-state index contributed by atoms with van der Waals surface area (Å²) in [4.78, 5) is 16.8. The number of carboxylic acid groups (broad SMARTS) is 1. The molecule has 3 aromatic rings. The Labute approximate surface area is 205 Å². The van der Waals surface area contributed by atoms with E-state index in [-0.39, 0.29) is 11.8 Å². The summed E-state index contributed by atoms with van der Waals surface area (Å²) in [5.74, 6) is -0.327. The number of rotatable bonds is 6. The van der Waals surface area contributed by atoms with Gasteiger partial charge in [0.25, 0.3) is 0 Å². The lowest BCUT2D eigenvalue weighted by Crippen LogP contribution is -2.23. The van der Waals surface area contributed by atoms with E-state index in [1.54, 1.807) is 12.1 Å². The molecule has 0 atom stereocenters. The van der Waals surface area contributed by atoms with E-state index in [2.05, 4.69) is 10.6 Å². The van der Waals surface area contributed by atoms with Gasteiger partial charge < -0.3 is 14.4 Å². The monoisotopic (exact) mass is 479 g/mol. The predicted molar refractivity (Wildman–Crippen MR) is 133 cm³/mol. The van der Waals surface area contributed by atoms with Gasteiger partial charge in [-0.25, -0.2) is 4.98 Å². The molecule has 6 nitrogen and oxygen atoms in total. The van der Waals surface area contributed by atoms with E-state index < -0.39 is 11.6 Å². The lowest BCUT2D eigenvalue weighted by Gasteiger charge is -2.25. The Kier molecular flexibility index (Phi) is 5.90. The van der Waals surface area contributed by atoms with Crippen LogP contribution in [0.25, 0.3) is 22.2 Å². The number of benzene rings is 1. The molecule has 1 aliphatic rings. The molecule has 34 heavy (non-hydrogen) atoms. The van der Waals surface area contributed by atoms with Crippen molar-refractivity contribution in [2.45, 2.75) is 73.0 Å². The maximum Gasteiger partial charge on any atom is 0.307 e. The van der Waals surface area contributed by atoms with Gasteiger partial charge in [-0.1, -0.05) is 11.6 Å². The molecule has 0 radical (unpaired) electrons. The minimum atomic E-state index is -0.923. The largest absolute Gasteiger partial charge is 0.487 e. The molecule has 178 valence electrons. The number of nitriles is 1. The molecule has 1 aromatic carbocycles. The van der Waals surface area contributed by atoms with E-state index in [0.717, 1.165) is 46.3 Å². The second kappa shape index (κ2) is 8.32. The quantitative estimate of drug-likeness (QED) is 0.442. The number of aromatic nitrogens is 2. The summed E-state index contributed by atoms with van der Waals surface area (Å²) in [5.41, 5.74) is 4.91. The SMILES string of the molecule is Cc1nc2c(c(C)c(C)n2CC2(C#N)CC2)c(-c2ccc(Cl)cc2OC(C)(C)C)c1CC(=O)O. The molecular weight excluding hydrogens is 450 g/mol. The zero-order valence-electron chi connectivity index (χ0n) is 20.5. The summed E-state index contributed by atoms with van der Waals surface area (Å²) < 4.78 is 8.43. The fourth-order valence-corrected chi connectivity index (χ4v) is 4.71. The standard InChI is InChI=1S/C27H30ClN3O3/c1-15-17(3)31(14-27(13-29)9-10-27)25-23(15)24(20(12-22(32)33)16(2)30-25)19-8-7-18(28)11-21(19)34-26(4,5)6/h7-8,11H,9-10,12,14H2,1-6H3,(H,32,33). The summed E-state index contributed by atoms with van der Waals surface area (Å²) in [6.07, 6.45) is 1.60. The zero-order valence-corrected chi connectivity index (χ0v) is 21.3. The van der Waals surface area contributed by atoms with Crippen molar-refractivity contribution < 1.29 is 14.6 Å². The van der Waals surface area contributed by atoms with Crippen LogP contribution in [-0.2, 0) is 17.8 Å². The number of hydrogen-bond donors (Lipinski definition) is 1. The molecule has 0 aliphatic heterocycles. The molecule has 2 heterocycles. The van der Waals surface area contributed by atoms with Gasteiger partial charge in [0.1, 0.15) is 17.0 Å². The van der Waals surface area contributed by atoms with Crippen LogP contribution in [0.5, 0.6) is 5.75 Å². The number of hydrogen-bond acceptors (Lipinski definition) is 4. The molecular formula is C27H30ClN3O3. The van der Waals surface area contributed by atoms with Gasteiger partial charge in [0.15, 0.2) is 0 Å². The Morgan fingerprint density at radius 3 is 2.53 bits per heavy atom. The van der Waals surface area contributed by atoms with Crippen LogP contribution in [0.15, 0.2) is 18.2 Å². The van der Waals surface area contributed by atoms with Crippen LogP contribution < -0.4 is 4.74 Å². The fourth-order valence-electron chi connectivity index (χ4n) is 4.55. The Morgan fingerprint density at radius 1 is 1.29 bits per heavy atom. The molecule has 7 heteroatoms. The molecule has 0 amide bonds. The second-order valence-corrected chi connectivity index (χ2v) is 10.8. The van der Waals surface area contributed by atoms with Crippen molar-refractivity contribution in [3.05, 3.63) is 45.7 Å². The molecule has 4 rings (SSSR count). The minimum absolute atomic E-state index is 0.159. The molecule has 0 bridgehead atoms. The molecule has 0 unspecified atom stereocenters. The number of pyridine rings is 1. The van der Waals surface area contributed by atoms with Gasteiger partial charge in [-0.2, -0.15) is 5.26 Å². The summed E-state index contributed by atoms with van der Waals surface area (Å²) in [6.45, 7) is 12.4. The normalized spacial score (nSPS) is 14.8. The highest BCUT2D eigenvalue weighted by molar-refractivity contribution is 6.30. The van der Waals surface area contributed by atoms with Crippen LogP contribution >= 0.6 is 11.6 Å². The smallest absolute Gasteiger partial charge is 0.307 e. The third-order valence-electron chi connectivity index (χ3n) is 6.57. The van der Waals surface area contributed by atoms with Gasteiger partial charge >= 0.3 is 5.97 Å². The van der Waals surface area contributed by atoms with Gasteiger partial charge in [-0.3, -0.25) is 4.79 Å². The van der Waals surface area contributed by atoms with Gasteiger partial charge in [0.05, 0.1) is 17.9 Å². The van der Waals surface area contributed by atoms with Crippen LogP contribution in [0, 0.1) is 37.5 Å². The molecule has 1 fully saturated rings. The van der Waals surface area contributed by atoms with Crippen molar-refractivity contribution >= 4 is 28.6 Å². The Bertz CT molecular complexity index is 1350. The average Bonchev–Trinajstić information content (AvgIpc) is 3.47. The number of aryl methyl sites for hydroxylation is 2. The van der Waals surface area contributed by atoms with Crippen molar-refractivity contribution in [1.29, 1.82) is 5.26 Å². The number of carboxylic acids is 1. The van der Waals surface area contributed by atoms with E-state index in [1.807, 2.05) is 47.6 Å². The number of nitrogens with zero attached hydrogens (tertiary/aromatic N) is 3. The molecule has 1 saturated carbocycles. The molecule has 1 N–H and O–H groups in total. The summed E-state index contributed by atoms with van der Waals surface area (Å²) in [7, 11) is 0. The highest BCUT2D eigenvalue weighted by atomic mass is 35.5. The highest BCUT2D eigenvalue weighted by Crippen LogP contribution is 2.49. The number of halogens is 1. The van der Waals surface area contributed by atoms with E-state index in [4.69, 9.17) is 21.3 Å². The Balaban J connectivity index is 2.08. The molecule has 2 aromatic heterocycles. The van der Waals surface area contributed by atoms with Gasteiger partial charge in [-0.05, 0) is 83.7 Å². The number of ether oxygens (including phenoxy) is 1. The van der Waals surface area contributed by atoms with Crippen LogP contribution in [0.4, 0.5) is 0 Å². The van der Waals surface area contributed by atoms with Crippen LogP contribution in [0.3, 0.4) is 0 Å². The van der Waals surface area contributed by atoms with E-state index >= 15 is 0 Å². The maximum absolute atomic E-state index is 11.9. The summed E-state index contributed by atoms with van der Waals surface area (Å²) in [6, 6.07) is 7.95. The third kappa shape index (κ3) is 4.37. The average molecular weight is 480 g/mol. The first kappa shape index (κ1) is 24.1. The van der Waals surface area contributed by atoms with Crippen LogP contribution in [0.2, 0.25) is 5.02 Å². The van der Waals surface area contributed by atoms with Gasteiger partial charge in [0.2, 0.25) is 0 Å². The fraction of sp³-hybridized carbons (Fsp3) is 0.444.